The van der Waals surface area contributed by atoms with Crippen molar-refractivity contribution in [1.29, 1.82) is 0 Å². The summed E-state index contributed by atoms with van der Waals surface area (Å²) < 4.78 is 5.53. The third-order valence-electron chi connectivity index (χ3n) is 3.01. The number of benzene rings is 1. The molecule has 1 aliphatic rings. The molecule has 2 heterocycles. The van der Waals surface area contributed by atoms with Gasteiger partial charge in [0.15, 0.2) is 0 Å². The highest BCUT2D eigenvalue weighted by atomic mass is 16.3. The monoisotopic (exact) mass is 187 g/mol. The van der Waals surface area contributed by atoms with Crippen molar-refractivity contribution in [2.75, 3.05) is 13.1 Å². The van der Waals surface area contributed by atoms with Crippen molar-refractivity contribution in [2.45, 2.75) is 12.3 Å². The van der Waals surface area contributed by atoms with Gasteiger partial charge in [-0.1, -0.05) is 18.2 Å². The average Bonchev–Trinajstić information content (AvgIpc) is 2.85. The molecule has 2 nitrogen and oxygen atoms in total. The predicted octanol–water partition coefficient (Wildman–Crippen LogP) is 2.51. The first-order chi connectivity index (χ1) is 6.95. The van der Waals surface area contributed by atoms with Crippen LogP contribution in [0.1, 0.15) is 17.9 Å². The molecule has 1 aromatic carbocycles. The predicted molar refractivity (Wildman–Crippen MR) is 56.4 cm³/mol. The van der Waals surface area contributed by atoms with Crippen LogP contribution in [0.3, 0.4) is 0 Å². The van der Waals surface area contributed by atoms with E-state index in [2.05, 4.69) is 17.4 Å². The standard InChI is InChI=1S/C12H13NO/c1-2-4-12-10(3-1)11(8-14-12)9-5-6-13-7-9/h1-4,8-9,13H,5-7H2/t9-/m0/s1. The molecule has 0 unspecified atom stereocenters. The summed E-state index contributed by atoms with van der Waals surface area (Å²) in [6.07, 6.45) is 3.14. The van der Waals surface area contributed by atoms with E-state index >= 15 is 0 Å². The summed E-state index contributed by atoms with van der Waals surface area (Å²) >= 11 is 0. The second-order valence-electron chi connectivity index (χ2n) is 3.88. The third kappa shape index (κ3) is 1.15. The maximum Gasteiger partial charge on any atom is 0.134 e. The Hall–Kier alpha value is -1.28. The molecule has 0 aliphatic carbocycles. The van der Waals surface area contributed by atoms with Crippen LogP contribution in [0.5, 0.6) is 0 Å². The molecule has 0 amide bonds. The maximum absolute atomic E-state index is 5.53. The summed E-state index contributed by atoms with van der Waals surface area (Å²) in [6.45, 7) is 2.22. The molecular weight excluding hydrogens is 174 g/mol. The number of rotatable bonds is 1. The number of furan rings is 1. The van der Waals surface area contributed by atoms with Crippen LogP contribution in [0, 0.1) is 0 Å². The zero-order valence-corrected chi connectivity index (χ0v) is 7.99. The lowest BCUT2D eigenvalue weighted by Crippen LogP contribution is -2.07. The molecule has 0 saturated carbocycles. The quantitative estimate of drug-likeness (QED) is 0.742. The lowest BCUT2D eigenvalue weighted by Gasteiger charge is -2.04. The van der Waals surface area contributed by atoms with Crippen LogP contribution in [0.4, 0.5) is 0 Å². The average molecular weight is 187 g/mol. The van der Waals surface area contributed by atoms with Gasteiger partial charge in [-0.3, -0.25) is 0 Å². The van der Waals surface area contributed by atoms with E-state index in [4.69, 9.17) is 4.42 Å². The second kappa shape index (κ2) is 3.14. The van der Waals surface area contributed by atoms with Crippen LogP contribution in [0.25, 0.3) is 11.0 Å². The van der Waals surface area contributed by atoms with Gasteiger partial charge in [-0.05, 0) is 19.0 Å². The molecule has 2 aromatic rings. The van der Waals surface area contributed by atoms with E-state index in [-0.39, 0.29) is 0 Å². The van der Waals surface area contributed by atoms with Crippen LogP contribution >= 0.6 is 0 Å². The minimum Gasteiger partial charge on any atom is -0.464 e. The van der Waals surface area contributed by atoms with Gasteiger partial charge < -0.3 is 9.73 Å². The van der Waals surface area contributed by atoms with Gasteiger partial charge >= 0.3 is 0 Å². The lowest BCUT2D eigenvalue weighted by molar-refractivity contribution is 0.602. The molecular formula is C12H13NO. The van der Waals surface area contributed by atoms with Crippen LogP contribution in [0.15, 0.2) is 34.9 Å². The Morgan fingerprint density at radius 3 is 3.07 bits per heavy atom. The Bertz CT molecular complexity index is 440. The number of hydrogen-bond acceptors (Lipinski definition) is 2. The number of hydrogen-bond donors (Lipinski definition) is 1. The minimum atomic E-state index is 0.638. The molecule has 1 saturated heterocycles. The summed E-state index contributed by atoms with van der Waals surface area (Å²) in [5.74, 6) is 0.638. The molecule has 1 atom stereocenters. The fourth-order valence-electron chi connectivity index (χ4n) is 2.23. The third-order valence-corrected chi connectivity index (χ3v) is 3.01. The first-order valence-corrected chi connectivity index (χ1v) is 5.12. The van der Waals surface area contributed by atoms with E-state index in [1.807, 2.05) is 18.4 Å². The lowest BCUT2D eigenvalue weighted by atomic mass is 9.98. The topological polar surface area (TPSA) is 25.2 Å². The molecule has 14 heavy (non-hydrogen) atoms. The highest BCUT2D eigenvalue weighted by Gasteiger charge is 2.20. The number of nitrogens with one attached hydrogen (secondary N) is 1. The van der Waals surface area contributed by atoms with Gasteiger partial charge in [0.05, 0.1) is 6.26 Å². The first-order valence-electron chi connectivity index (χ1n) is 5.12. The zero-order valence-electron chi connectivity index (χ0n) is 7.99. The van der Waals surface area contributed by atoms with Crippen LogP contribution in [-0.4, -0.2) is 13.1 Å². The summed E-state index contributed by atoms with van der Waals surface area (Å²) in [5, 5.41) is 4.66. The van der Waals surface area contributed by atoms with E-state index in [9.17, 15) is 0 Å². The smallest absolute Gasteiger partial charge is 0.134 e. The Labute approximate surface area is 82.9 Å². The van der Waals surface area contributed by atoms with Crippen LogP contribution in [0.2, 0.25) is 0 Å². The Kier molecular flexibility index (Phi) is 1.81. The van der Waals surface area contributed by atoms with Gasteiger partial charge in [0.25, 0.3) is 0 Å². The molecule has 1 aromatic heterocycles. The molecule has 1 N–H and O–H groups in total. The Balaban J connectivity index is 2.11. The van der Waals surface area contributed by atoms with Gasteiger partial charge in [-0.2, -0.15) is 0 Å². The van der Waals surface area contributed by atoms with Crippen molar-refractivity contribution in [3.63, 3.8) is 0 Å². The molecule has 0 bridgehead atoms. The maximum atomic E-state index is 5.53. The van der Waals surface area contributed by atoms with Crippen molar-refractivity contribution < 1.29 is 4.42 Å². The van der Waals surface area contributed by atoms with Gasteiger partial charge in [0.2, 0.25) is 0 Å². The highest BCUT2D eigenvalue weighted by molar-refractivity contribution is 5.81. The SMILES string of the molecule is c1ccc2c([C@H]3CCNC3)coc2c1. The molecule has 1 aliphatic heterocycles. The summed E-state index contributed by atoms with van der Waals surface area (Å²) in [6, 6.07) is 8.26. The van der Waals surface area contributed by atoms with E-state index < -0.39 is 0 Å². The van der Waals surface area contributed by atoms with Gasteiger partial charge in [-0.15, -0.1) is 0 Å². The van der Waals surface area contributed by atoms with E-state index in [0.29, 0.717) is 5.92 Å². The second-order valence-corrected chi connectivity index (χ2v) is 3.88. The molecule has 0 radical (unpaired) electrons. The largest absolute Gasteiger partial charge is 0.464 e. The Morgan fingerprint density at radius 1 is 1.29 bits per heavy atom. The number of fused-ring (bicyclic) bond motifs is 1. The minimum absolute atomic E-state index is 0.638. The molecule has 1 fully saturated rings. The zero-order chi connectivity index (χ0) is 9.38. The fraction of sp³-hybridized carbons (Fsp3) is 0.333. The molecule has 3 rings (SSSR count). The normalized spacial score (nSPS) is 21.9. The molecule has 72 valence electrons. The number of para-hydroxylation sites is 1. The van der Waals surface area contributed by atoms with E-state index in [1.54, 1.807) is 0 Å². The first kappa shape index (κ1) is 8.06. The van der Waals surface area contributed by atoms with Crippen molar-refractivity contribution in [1.82, 2.24) is 5.32 Å². The van der Waals surface area contributed by atoms with E-state index in [1.165, 1.54) is 17.4 Å². The van der Waals surface area contributed by atoms with Crippen molar-refractivity contribution in [2.24, 2.45) is 0 Å². The fourth-order valence-corrected chi connectivity index (χ4v) is 2.23. The summed E-state index contributed by atoms with van der Waals surface area (Å²) in [4.78, 5) is 0. The summed E-state index contributed by atoms with van der Waals surface area (Å²) in [7, 11) is 0. The van der Waals surface area contributed by atoms with Gasteiger partial charge in [-0.25, -0.2) is 0 Å². The Morgan fingerprint density at radius 2 is 2.21 bits per heavy atom. The van der Waals surface area contributed by atoms with Crippen LogP contribution in [-0.2, 0) is 0 Å². The van der Waals surface area contributed by atoms with Gasteiger partial charge in [0, 0.05) is 23.4 Å². The highest BCUT2D eigenvalue weighted by Crippen LogP contribution is 2.30. The van der Waals surface area contributed by atoms with Crippen LogP contribution < -0.4 is 5.32 Å². The van der Waals surface area contributed by atoms with Crippen molar-refractivity contribution in [3.8, 4) is 0 Å². The van der Waals surface area contributed by atoms with Crippen molar-refractivity contribution >= 4 is 11.0 Å². The molecule has 2 heteroatoms. The van der Waals surface area contributed by atoms with E-state index in [0.717, 1.165) is 18.7 Å². The van der Waals surface area contributed by atoms with Gasteiger partial charge in [0.1, 0.15) is 5.58 Å². The molecule has 0 spiro atoms. The van der Waals surface area contributed by atoms with Crippen molar-refractivity contribution in [3.05, 3.63) is 36.1 Å². The summed E-state index contributed by atoms with van der Waals surface area (Å²) in [5.41, 5.74) is 2.38.